The van der Waals surface area contributed by atoms with E-state index in [0.29, 0.717) is 13.0 Å². The maximum Gasteiger partial charge on any atom is 0.249 e. The first-order valence-corrected chi connectivity index (χ1v) is 8.14. The highest BCUT2D eigenvalue weighted by Crippen LogP contribution is 2.27. The standard InChI is InChI=1S/C15H23N3O2S/c1-6-15(5)14(20)18(8-11-7-16-10(4)21-11)12(9(2)3)13(19)17-15/h7,9,12H,6,8H2,1-5H3,(H,17,19). The monoisotopic (exact) mass is 309 g/mol. The fourth-order valence-electron chi connectivity index (χ4n) is 2.70. The number of rotatable bonds is 4. The van der Waals surface area contributed by atoms with Crippen molar-refractivity contribution in [1.29, 1.82) is 0 Å². The molecule has 6 heteroatoms. The highest BCUT2D eigenvalue weighted by atomic mass is 32.1. The Morgan fingerprint density at radius 2 is 2.14 bits per heavy atom. The summed E-state index contributed by atoms with van der Waals surface area (Å²) in [5.74, 6) is 0.00825. The molecular weight excluding hydrogens is 286 g/mol. The lowest BCUT2D eigenvalue weighted by Gasteiger charge is -2.45. The molecule has 0 saturated carbocycles. The van der Waals surface area contributed by atoms with Crippen molar-refractivity contribution in [2.24, 2.45) is 5.92 Å². The zero-order chi connectivity index (χ0) is 15.8. The highest BCUT2D eigenvalue weighted by Gasteiger charge is 2.47. The number of nitrogens with zero attached hydrogens (tertiary/aromatic N) is 2. The van der Waals surface area contributed by atoms with E-state index in [2.05, 4.69) is 10.3 Å². The van der Waals surface area contributed by atoms with E-state index in [4.69, 9.17) is 0 Å². The van der Waals surface area contributed by atoms with Crippen LogP contribution in [0.4, 0.5) is 0 Å². The van der Waals surface area contributed by atoms with Gasteiger partial charge in [0, 0.05) is 11.1 Å². The van der Waals surface area contributed by atoms with Crippen molar-refractivity contribution < 1.29 is 9.59 Å². The molecule has 1 aromatic rings. The van der Waals surface area contributed by atoms with Crippen LogP contribution in [0.3, 0.4) is 0 Å². The van der Waals surface area contributed by atoms with Gasteiger partial charge in [-0.15, -0.1) is 11.3 Å². The fraction of sp³-hybridized carbons (Fsp3) is 0.667. The first kappa shape index (κ1) is 15.9. The molecule has 0 spiro atoms. The first-order chi connectivity index (χ1) is 9.78. The van der Waals surface area contributed by atoms with Crippen LogP contribution in [0.2, 0.25) is 0 Å². The number of aryl methyl sites for hydroxylation is 1. The van der Waals surface area contributed by atoms with Gasteiger partial charge in [0.05, 0.1) is 11.6 Å². The minimum Gasteiger partial charge on any atom is -0.340 e. The molecule has 1 fully saturated rings. The van der Waals surface area contributed by atoms with Crippen molar-refractivity contribution in [3.05, 3.63) is 16.1 Å². The van der Waals surface area contributed by atoms with Crippen molar-refractivity contribution in [2.45, 2.75) is 59.2 Å². The van der Waals surface area contributed by atoms with Gasteiger partial charge in [0.2, 0.25) is 11.8 Å². The number of carbonyl (C=O) groups excluding carboxylic acids is 2. The van der Waals surface area contributed by atoms with Crippen molar-refractivity contribution >= 4 is 23.2 Å². The summed E-state index contributed by atoms with van der Waals surface area (Å²) in [5.41, 5.74) is -0.803. The van der Waals surface area contributed by atoms with E-state index < -0.39 is 11.6 Å². The summed E-state index contributed by atoms with van der Waals surface area (Å²) in [5, 5.41) is 3.87. The molecule has 21 heavy (non-hydrogen) atoms. The predicted octanol–water partition coefficient (Wildman–Crippen LogP) is 2.10. The number of piperazine rings is 1. The topological polar surface area (TPSA) is 62.3 Å². The summed E-state index contributed by atoms with van der Waals surface area (Å²) in [6.45, 7) is 10.1. The van der Waals surface area contributed by atoms with Crippen LogP contribution >= 0.6 is 11.3 Å². The molecule has 0 bridgehead atoms. The van der Waals surface area contributed by atoms with E-state index >= 15 is 0 Å². The number of nitrogens with one attached hydrogen (secondary N) is 1. The normalized spacial score (nSPS) is 26.4. The number of carbonyl (C=O) groups is 2. The molecule has 1 N–H and O–H groups in total. The van der Waals surface area contributed by atoms with Gasteiger partial charge in [0.25, 0.3) is 0 Å². The smallest absolute Gasteiger partial charge is 0.249 e. The highest BCUT2D eigenvalue weighted by molar-refractivity contribution is 7.11. The molecule has 5 nitrogen and oxygen atoms in total. The largest absolute Gasteiger partial charge is 0.340 e. The molecule has 1 aliphatic rings. The second-order valence-corrected chi connectivity index (χ2v) is 7.46. The summed E-state index contributed by atoms with van der Waals surface area (Å²) < 4.78 is 0. The van der Waals surface area contributed by atoms with Gasteiger partial charge in [-0.2, -0.15) is 0 Å². The number of aromatic nitrogens is 1. The van der Waals surface area contributed by atoms with Gasteiger partial charge in [0.1, 0.15) is 11.6 Å². The van der Waals surface area contributed by atoms with Gasteiger partial charge in [0.15, 0.2) is 0 Å². The molecule has 2 heterocycles. The average molecular weight is 309 g/mol. The van der Waals surface area contributed by atoms with Crippen LogP contribution in [0, 0.1) is 12.8 Å². The van der Waals surface area contributed by atoms with Crippen molar-refractivity contribution in [3.8, 4) is 0 Å². The molecule has 2 unspecified atom stereocenters. The molecular formula is C15H23N3O2S. The number of hydrogen-bond donors (Lipinski definition) is 1. The number of amides is 2. The Bertz CT molecular complexity index is 555. The van der Waals surface area contributed by atoms with E-state index in [1.807, 2.05) is 27.7 Å². The molecule has 2 amide bonds. The Balaban J connectivity index is 2.34. The molecule has 1 aromatic heterocycles. The number of hydrogen-bond acceptors (Lipinski definition) is 4. The maximum absolute atomic E-state index is 12.8. The molecule has 0 aromatic carbocycles. The Kier molecular flexibility index (Phi) is 4.37. The third kappa shape index (κ3) is 2.95. The third-order valence-electron chi connectivity index (χ3n) is 4.07. The second-order valence-electron chi connectivity index (χ2n) is 6.14. The van der Waals surface area contributed by atoms with E-state index in [9.17, 15) is 9.59 Å². The lowest BCUT2D eigenvalue weighted by Crippen LogP contribution is -2.69. The lowest BCUT2D eigenvalue weighted by atomic mass is 9.88. The lowest BCUT2D eigenvalue weighted by molar-refractivity contribution is -0.157. The Morgan fingerprint density at radius 3 is 2.62 bits per heavy atom. The number of thiazole rings is 1. The van der Waals surface area contributed by atoms with Crippen molar-refractivity contribution in [2.75, 3.05) is 0 Å². The van der Waals surface area contributed by atoms with E-state index in [0.717, 1.165) is 9.88 Å². The van der Waals surface area contributed by atoms with Crippen LogP contribution in [-0.2, 0) is 16.1 Å². The third-order valence-corrected chi connectivity index (χ3v) is 4.97. The average Bonchev–Trinajstić information content (AvgIpc) is 2.80. The summed E-state index contributed by atoms with van der Waals surface area (Å²) in [7, 11) is 0. The fourth-order valence-corrected chi connectivity index (χ4v) is 3.50. The maximum atomic E-state index is 12.8. The zero-order valence-electron chi connectivity index (χ0n) is 13.3. The van der Waals surface area contributed by atoms with Crippen LogP contribution in [-0.4, -0.2) is 33.3 Å². The zero-order valence-corrected chi connectivity index (χ0v) is 14.1. The molecule has 116 valence electrons. The van der Waals surface area contributed by atoms with Crippen LogP contribution in [0.5, 0.6) is 0 Å². The van der Waals surface area contributed by atoms with Gasteiger partial charge < -0.3 is 10.2 Å². The van der Waals surface area contributed by atoms with Crippen LogP contribution in [0.1, 0.15) is 44.0 Å². The first-order valence-electron chi connectivity index (χ1n) is 7.33. The molecule has 1 saturated heterocycles. The quantitative estimate of drug-likeness (QED) is 0.926. The van der Waals surface area contributed by atoms with Crippen LogP contribution in [0.25, 0.3) is 0 Å². The molecule has 2 atom stereocenters. The van der Waals surface area contributed by atoms with E-state index in [-0.39, 0.29) is 17.7 Å². The molecule has 1 aliphatic heterocycles. The van der Waals surface area contributed by atoms with Gasteiger partial charge >= 0.3 is 0 Å². The van der Waals surface area contributed by atoms with Gasteiger partial charge in [-0.3, -0.25) is 9.59 Å². The molecule has 0 radical (unpaired) electrons. The van der Waals surface area contributed by atoms with Gasteiger partial charge in [-0.05, 0) is 26.2 Å². The Morgan fingerprint density at radius 1 is 1.48 bits per heavy atom. The van der Waals surface area contributed by atoms with Crippen LogP contribution in [0.15, 0.2) is 6.20 Å². The predicted molar refractivity (Wildman–Crippen MR) is 82.9 cm³/mol. The van der Waals surface area contributed by atoms with Crippen molar-refractivity contribution in [3.63, 3.8) is 0 Å². The Labute approximate surface area is 129 Å². The Hall–Kier alpha value is -1.43. The van der Waals surface area contributed by atoms with Gasteiger partial charge in [-0.25, -0.2) is 4.98 Å². The second kappa shape index (κ2) is 5.75. The minimum atomic E-state index is -0.803. The summed E-state index contributed by atoms with van der Waals surface area (Å²) >= 11 is 1.57. The minimum absolute atomic E-state index is 0.00523. The van der Waals surface area contributed by atoms with E-state index in [1.54, 1.807) is 29.4 Å². The summed E-state index contributed by atoms with van der Waals surface area (Å²) in [4.78, 5) is 32.3. The SMILES string of the molecule is CCC1(C)NC(=O)C(C(C)C)N(Cc2cnc(C)s2)C1=O. The van der Waals surface area contributed by atoms with Crippen molar-refractivity contribution in [1.82, 2.24) is 15.2 Å². The molecule has 2 rings (SSSR count). The summed E-state index contributed by atoms with van der Waals surface area (Å²) in [6, 6.07) is -0.417. The van der Waals surface area contributed by atoms with E-state index in [1.165, 1.54) is 0 Å². The summed E-state index contributed by atoms with van der Waals surface area (Å²) in [6.07, 6.45) is 2.38. The van der Waals surface area contributed by atoms with Crippen LogP contribution < -0.4 is 5.32 Å². The molecule has 0 aliphatic carbocycles. The van der Waals surface area contributed by atoms with Gasteiger partial charge in [-0.1, -0.05) is 20.8 Å².